The Morgan fingerprint density at radius 2 is 1.37 bits per heavy atom. The summed E-state index contributed by atoms with van der Waals surface area (Å²) >= 11 is 38.6. The van der Waals surface area contributed by atoms with E-state index in [1.165, 1.54) is 12.1 Å². The summed E-state index contributed by atoms with van der Waals surface area (Å²) in [4.78, 5) is 13.7. The zero-order chi connectivity index (χ0) is 19.9. The van der Waals surface area contributed by atoms with Crippen LogP contribution in [0.25, 0.3) is 0 Å². The van der Waals surface area contributed by atoms with E-state index in [4.69, 9.17) is 74.4 Å². The Morgan fingerprint density at radius 3 is 1.81 bits per heavy atom. The fraction of sp³-hybridized carbons (Fsp3) is 0.312. The van der Waals surface area contributed by atoms with Crippen LogP contribution >= 0.6 is 69.6 Å². The molecule has 0 aliphatic heterocycles. The van der Waals surface area contributed by atoms with Gasteiger partial charge in [-0.2, -0.15) is 0 Å². The third-order valence-electron chi connectivity index (χ3n) is 4.92. The van der Waals surface area contributed by atoms with E-state index in [0.717, 1.165) is 0 Å². The molecule has 11 heteroatoms. The molecule has 0 amide bonds. The predicted octanol–water partition coefficient (Wildman–Crippen LogP) is 4.45. The summed E-state index contributed by atoms with van der Waals surface area (Å²) in [5.74, 6) is -2.25. The lowest BCUT2D eigenvalue weighted by atomic mass is 9.93. The number of hydrogen-bond donors (Lipinski definition) is 2. The van der Waals surface area contributed by atoms with Crippen molar-refractivity contribution in [2.24, 2.45) is 0 Å². The molecule has 1 fully saturated rings. The molecule has 2 N–H and O–H groups in total. The largest absolute Gasteiger partial charge is 0.492 e. The van der Waals surface area contributed by atoms with Crippen molar-refractivity contribution in [3.8, 4) is 11.8 Å². The van der Waals surface area contributed by atoms with Gasteiger partial charge in [-0.1, -0.05) is 41.4 Å². The third kappa shape index (κ3) is 2.08. The zero-order valence-electron chi connectivity index (χ0n) is 13.0. The van der Waals surface area contributed by atoms with Crippen LogP contribution in [0.3, 0.4) is 0 Å². The van der Waals surface area contributed by atoms with E-state index in [9.17, 15) is 15.0 Å². The van der Waals surface area contributed by atoms with Crippen molar-refractivity contribution in [3.05, 3.63) is 47.0 Å². The molecule has 5 nitrogen and oxygen atoms in total. The fourth-order valence-corrected chi connectivity index (χ4v) is 6.70. The quantitative estimate of drug-likeness (QED) is 0.609. The second-order valence-electron chi connectivity index (χ2n) is 6.24. The van der Waals surface area contributed by atoms with Crippen molar-refractivity contribution >= 4 is 75.6 Å². The molecule has 0 spiro atoms. The highest BCUT2D eigenvalue weighted by Crippen LogP contribution is 2.79. The lowest BCUT2D eigenvalue weighted by Crippen LogP contribution is -2.40. The SMILES string of the molecule is O=C(On1c(O)c2c(c1O)C1(Cl)C(Cl)C(Cl)C2(Cl)C1(Cl)Cl)c1ccccc1. The first-order chi connectivity index (χ1) is 12.5. The van der Waals surface area contributed by atoms with Gasteiger partial charge in [0, 0.05) is 0 Å². The Hall–Kier alpha value is -0.690. The normalized spacial score (nSPS) is 33.1. The minimum Gasteiger partial charge on any atom is -0.492 e. The maximum atomic E-state index is 12.3. The Labute approximate surface area is 183 Å². The van der Waals surface area contributed by atoms with E-state index in [1.54, 1.807) is 18.2 Å². The van der Waals surface area contributed by atoms with Gasteiger partial charge in [-0.05, 0) is 12.1 Å². The minimum absolute atomic E-state index is 0.139. The molecule has 4 atom stereocenters. The molecule has 2 aromatic rings. The first-order valence-corrected chi connectivity index (χ1v) is 9.88. The number of benzene rings is 1. The molecule has 4 unspecified atom stereocenters. The summed E-state index contributed by atoms with van der Waals surface area (Å²) in [6, 6.07) is 7.95. The number of carbonyl (C=O) groups excluding carboxylic acids is 1. The Morgan fingerprint density at radius 1 is 0.926 bits per heavy atom. The molecule has 0 radical (unpaired) electrons. The second-order valence-corrected chi connectivity index (χ2v) is 9.70. The lowest BCUT2D eigenvalue weighted by molar-refractivity contribution is 0.0377. The maximum Gasteiger partial charge on any atom is 0.363 e. The number of hydrogen-bond acceptors (Lipinski definition) is 4. The fourth-order valence-electron chi connectivity index (χ4n) is 3.62. The van der Waals surface area contributed by atoms with Crippen molar-refractivity contribution in [1.29, 1.82) is 0 Å². The van der Waals surface area contributed by atoms with Gasteiger partial charge in [0.05, 0.1) is 27.4 Å². The van der Waals surface area contributed by atoms with Crippen LogP contribution in [0.15, 0.2) is 30.3 Å². The first-order valence-electron chi connectivity index (χ1n) is 7.50. The molecule has 144 valence electrons. The summed E-state index contributed by atoms with van der Waals surface area (Å²) in [7, 11) is 0. The Bertz CT molecular complexity index is 916. The summed E-state index contributed by atoms with van der Waals surface area (Å²) in [6.45, 7) is 0. The van der Waals surface area contributed by atoms with E-state index in [1.807, 2.05) is 0 Å². The van der Waals surface area contributed by atoms with Gasteiger partial charge < -0.3 is 15.1 Å². The lowest BCUT2D eigenvalue weighted by Gasteiger charge is -2.31. The van der Waals surface area contributed by atoms with Crippen molar-refractivity contribution in [2.75, 3.05) is 0 Å². The van der Waals surface area contributed by atoms with Crippen molar-refractivity contribution in [3.63, 3.8) is 0 Å². The summed E-state index contributed by atoms with van der Waals surface area (Å²) in [5.41, 5.74) is -0.0948. The van der Waals surface area contributed by atoms with Crippen molar-refractivity contribution in [2.45, 2.75) is 24.8 Å². The van der Waals surface area contributed by atoms with Gasteiger partial charge in [0.15, 0.2) is 4.33 Å². The smallest absolute Gasteiger partial charge is 0.363 e. The van der Waals surface area contributed by atoms with Crippen molar-refractivity contribution < 1.29 is 19.8 Å². The van der Waals surface area contributed by atoms with E-state index < -0.39 is 42.6 Å². The topological polar surface area (TPSA) is 71.7 Å². The van der Waals surface area contributed by atoms with Crippen LogP contribution in [0.2, 0.25) is 0 Å². The van der Waals surface area contributed by atoms with Crippen LogP contribution in [0.1, 0.15) is 21.5 Å². The molecule has 2 aliphatic carbocycles. The van der Waals surface area contributed by atoms with Gasteiger partial charge in [0.1, 0.15) is 9.75 Å². The summed E-state index contributed by atoms with van der Waals surface area (Å²) < 4.78 is -1.46. The number of fused-ring (bicyclic) bond motifs is 5. The molecule has 27 heavy (non-hydrogen) atoms. The molecule has 1 aromatic carbocycles. The van der Waals surface area contributed by atoms with Crippen LogP contribution in [-0.2, 0) is 9.75 Å². The summed E-state index contributed by atoms with van der Waals surface area (Å²) in [6.07, 6.45) is 0. The standard InChI is InChI=1S/C16H9Cl6NO4/c17-9-10(18)15(20)8-7(14(9,19)16(15,21)22)11(24)23(12(8)25)27-13(26)6-4-2-1-3-5-6/h1-5,9-10,24-25H. The molecular weight excluding hydrogens is 483 g/mol. The van der Waals surface area contributed by atoms with Crippen LogP contribution in [0.5, 0.6) is 11.8 Å². The van der Waals surface area contributed by atoms with Crippen LogP contribution in [0.4, 0.5) is 0 Å². The minimum atomic E-state index is -1.95. The molecule has 1 saturated carbocycles. The molecule has 4 rings (SSSR count). The Balaban J connectivity index is 1.88. The van der Waals surface area contributed by atoms with E-state index in [2.05, 4.69) is 0 Å². The third-order valence-corrected chi connectivity index (χ3v) is 9.43. The number of halogens is 6. The van der Waals surface area contributed by atoms with Crippen LogP contribution in [-0.4, -0.2) is 36.0 Å². The van der Waals surface area contributed by atoms with Gasteiger partial charge >= 0.3 is 5.97 Å². The molecule has 2 bridgehead atoms. The summed E-state index contributed by atoms with van der Waals surface area (Å²) in [5, 5.41) is 19.1. The average molecular weight is 492 g/mol. The monoisotopic (exact) mass is 489 g/mol. The highest BCUT2D eigenvalue weighted by molar-refractivity contribution is 6.62. The molecule has 1 heterocycles. The number of alkyl halides is 6. The van der Waals surface area contributed by atoms with E-state index in [0.29, 0.717) is 4.73 Å². The molecule has 1 aromatic heterocycles. The van der Waals surface area contributed by atoms with Gasteiger partial charge in [0.2, 0.25) is 11.8 Å². The number of nitrogens with zero attached hydrogens (tertiary/aromatic N) is 1. The first kappa shape index (κ1) is 19.6. The van der Waals surface area contributed by atoms with Crippen LogP contribution < -0.4 is 4.84 Å². The highest BCUT2D eigenvalue weighted by Gasteiger charge is 2.84. The highest BCUT2D eigenvalue weighted by atomic mass is 35.5. The molecule has 2 aliphatic rings. The molecule has 0 saturated heterocycles. The van der Waals surface area contributed by atoms with E-state index in [-0.39, 0.29) is 16.7 Å². The zero-order valence-corrected chi connectivity index (χ0v) is 17.5. The average Bonchev–Trinajstić information content (AvgIpc) is 3.01. The Kier molecular flexibility index (Phi) is 4.29. The van der Waals surface area contributed by atoms with Crippen molar-refractivity contribution in [1.82, 2.24) is 4.73 Å². The number of aromatic hydroxyl groups is 2. The molecular formula is C16H9Cl6NO4. The number of carbonyl (C=O) groups is 1. The number of rotatable bonds is 2. The number of aromatic nitrogens is 1. The maximum absolute atomic E-state index is 12.3. The van der Waals surface area contributed by atoms with Gasteiger partial charge in [-0.15, -0.1) is 51.1 Å². The van der Waals surface area contributed by atoms with Gasteiger partial charge in [-0.3, -0.25) is 0 Å². The second kappa shape index (κ2) is 5.91. The predicted molar refractivity (Wildman–Crippen MR) is 104 cm³/mol. The van der Waals surface area contributed by atoms with Crippen LogP contribution in [0, 0.1) is 0 Å². The van der Waals surface area contributed by atoms with Gasteiger partial charge in [0.25, 0.3) is 0 Å². The van der Waals surface area contributed by atoms with E-state index >= 15 is 0 Å². The van der Waals surface area contributed by atoms with Gasteiger partial charge in [-0.25, -0.2) is 4.79 Å².